The van der Waals surface area contributed by atoms with Crippen molar-refractivity contribution < 1.29 is 23.5 Å². The zero-order valence-electron chi connectivity index (χ0n) is 32.9. The normalized spacial score (nSPS) is 17.1. The molecule has 2 saturated heterocycles. The number of ether oxygens (including phenoxy) is 1. The number of rotatable bonds is 8. The highest BCUT2D eigenvalue weighted by Gasteiger charge is 2.31. The molecule has 2 fully saturated rings. The number of aromatic nitrogens is 4. The van der Waals surface area contributed by atoms with Crippen LogP contribution in [0, 0.1) is 6.92 Å². The van der Waals surface area contributed by atoms with E-state index in [1.165, 1.54) is 5.56 Å². The standard InChI is InChI=1S/C46H43N7O6/c1-27-20-34-38(52(2)46(27)57)22-31(29-14-18-58-19-15-29)23-39(34)53-17-5-7-36-40(53)25-49-43(50-36)30-9-11-37(48-24-30)45(56)47-16-4-3-6-28-8-12-41-33(21-28)35(26-59-41)32-10-13-42(54)51-44(32)55/h4,6,8-9,11-12,20-26,29,32H,5,7,10,13-19H2,1-2H3,(H,47,56)(H,51,54,55). The van der Waals surface area contributed by atoms with Gasteiger partial charge in [-0.1, -0.05) is 6.07 Å². The van der Waals surface area contributed by atoms with Crippen molar-refractivity contribution in [1.82, 2.24) is 30.2 Å². The molecule has 0 bridgehead atoms. The van der Waals surface area contributed by atoms with Crippen LogP contribution < -0.4 is 21.1 Å². The number of nitrogens with zero attached hydrogens (tertiary/aromatic N) is 5. The molecule has 298 valence electrons. The number of amides is 3. The summed E-state index contributed by atoms with van der Waals surface area (Å²) < 4.78 is 13.1. The van der Waals surface area contributed by atoms with Gasteiger partial charge in [-0.15, -0.1) is 5.73 Å². The van der Waals surface area contributed by atoms with E-state index < -0.39 is 5.92 Å². The van der Waals surface area contributed by atoms with Crippen molar-refractivity contribution in [3.8, 4) is 11.4 Å². The fourth-order valence-corrected chi connectivity index (χ4v) is 8.47. The Balaban J connectivity index is 0.885. The smallest absolute Gasteiger partial charge is 0.270 e. The molecule has 1 unspecified atom stereocenters. The summed E-state index contributed by atoms with van der Waals surface area (Å²) in [5.41, 5.74) is 12.1. The predicted molar refractivity (Wildman–Crippen MR) is 224 cm³/mol. The third kappa shape index (κ3) is 7.46. The monoisotopic (exact) mass is 789 g/mol. The van der Waals surface area contributed by atoms with Crippen molar-refractivity contribution in [3.63, 3.8) is 0 Å². The van der Waals surface area contributed by atoms with Gasteiger partial charge in [0, 0.05) is 73.4 Å². The van der Waals surface area contributed by atoms with Crippen LogP contribution in [0.1, 0.15) is 82.4 Å². The predicted octanol–water partition coefficient (Wildman–Crippen LogP) is 6.54. The third-order valence-electron chi connectivity index (χ3n) is 11.7. The number of piperidine rings is 1. The zero-order valence-corrected chi connectivity index (χ0v) is 32.9. The van der Waals surface area contributed by atoms with E-state index in [0.29, 0.717) is 34.9 Å². The number of pyridine rings is 2. The van der Waals surface area contributed by atoms with Gasteiger partial charge in [0.2, 0.25) is 11.8 Å². The Morgan fingerprint density at radius 1 is 0.983 bits per heavy atom. The molecular formula is C46H43N7O6. The summed E-state index contributed by atoms with van der Waals surface area (Å²) in [4.78, 5) is 66.6. The number of imide groups is 1. The van der Waals surface area contributed by atoms with Crippen molar-refractivity contribution >= 4 is 57.0 Å². The summed E-state index contributed by atoms with van der Waals surface area (Å²) in [5.74, 6) is -0.445. The third-order valence-corrected chi connectivity index (χ3v) is 11.7. The highest BCUT2D eigenvalue weighted by molar-refractivity contribution is 6.03. The number of carbonyl (C=O) groups is 3. The second kappa shape index (κ2) is 15.9. The number of fused-ring (bicyclic) bond motifs is 3. The van der Waals surface area contributed by atoms with E-state index in [2.05, 4.69) is 38.4 Å². The lowest BCUT2D eigenvalue weighted by Gasteiger charge is -2.33. The second-order valence-electron chi connectivity index (χ2n) is 15.4. The fraction of sp³-hybridized carbons (Fsp3) is 0.304. The van der Waals surface area contributed by atoms with E-state index in [0.717, 1.165) is 89.9 Å². The molecule has 13 heteroatoms. The van der Waals surface area contributed by atoms with Crippen LogP contribution in [0.15, 0.2) is 88.2 Å². The molecule has 2 N–H and O–H groups in total. The number of hydrogen-bond acceptors (Lipinski definition) is 10. The van der Waals surface area contributed by atoms with Crippen molar-refractivity contribution in [2.45, 2.75) is 57.3 Å². The lowest BCUT2D eigenvalue weighted by molar-refractivity contribution is -0.134. The Labute approximate surface area is 339 Å². The first-order valence-corrected chi connectivity index (χ1v) is 20.1. The van der Waals surface area contributed by atoms with Crippen molar-refractivity contribution in [2.24, 2.45) is 7.05 Å². The van der Waals surface area contributed by atoms with Crippen molar-refractivity contribution in [2.75, 3.05) is 31.2 Å². The van der Waals surface area contributed by atoms with E-state index in [1.54, 1.807) is 35.2 Å². The number of aryl methyl sites for hydroxylation is 3. The van der Waals surface area contributed by atoms with E-state index in [-0.39, 0.29) is 41.9 Å². The fourth-order valence-electron chi connectivity index (χ4n) is 8.47. The van der Waals surface area contributed by atoms with E-state index in [9.17, 15) is 19.2 Å². The lowest BCUT2D eigenvalue weighted by Crippen LogP contribution is -2.39. The van der Waals surface area contributed by atoms with Gasteiger partial charge < -0.3 is 23.9 Å². The number of carbonyl (C=O) groups excluding carboxylic acids is 3. The molecule has 0 saturated carbocycles. The van der Waals surface area contributed by atoms with Crippen LogP contribution in [0.25, 0.3) is 39.3 Å². The van der Waals surface area contributed by atoms with Crippen LogP contribution in [0.4, 0.5) is 11.4 Å². The number of nitrogens with one attached hydrogen (secondary N) is 2. The maximum Gasteiger partial charge on any atom is 0.270 e. The summed E-state index contributed by atoms with van der Waals surface area (Å²) in [6, 6.07) is 15.6. The van der Waals surface area contributed by atoms with E-state index in [1.807, 2.05) is 50.5 Å². The minimum Gasteiger partial charge on any atom is -0.464 e. The van der Waals surface area contributed by atoms with Crippen LogP contribution in [0.5, 0.6) is 0 Å². The van der Waals surface area contributed by atoms with Crippen LogP contribution in [0.3, 0.4) is 0 Å². The van der Waals surface area contributed by atoms with E-state index >= 15 is 0 Å². The van der Waals surface area contributed by atoms with Gasteiger partial charge in [-0.3, -0.25) is 29.5 Å². The Morgan fingerprint density at radius 2 is 1.85 bits per heavy atom. The SMILES string of the molecule is Cc1cc2c(N3CCCc4nc(-c5ccc(C(=O)NCC=C=Cc6ccc7occ(C8CCC(=O)NC8=O)c7c6)nc5)ncc43)cc(C3CCOCC3)cc2n(C)c1=O. The molecule has 3 amide bonds. The van der Waals surface area contributed by atoms with E-state index in [4.69, 9.17) is 19.1 Å². The first-order valence-electron chi connectivity index (χ1n) is 20.1. The summed E-state index contributed by atoms with van der Waals surface area (Å²) in [5, 5.41) is 7.10. The molecule has 59 heavy (non-hydrogen) atoms. The Hall–Kier alpha value is -6.69. The number of anilines is 2. The molecule has 0 aliphatic carbocycles. The molecule has 0 radical (unpaired) electrons. The van der Waals surface area contributed by atoms with Gasteiger partial charge in [-0.05, 0) is 111 Å². The van der Waals surface area contributed by atoms with Crippen LogP contribution in [0.2, 0.25) is 0 Å². The minimum absolute atomic E-state index is 0.00667. The summed E-state index contributed by atoms with van der Waals surface area (Å²) in [7, 11) is 1.85. The summed E-state index contributed by atoms with van der Waals surface area (Å²) in [6.07, 6.45) is 12.9. The summed E-state index contributed by atoms with van der Waals surface area (Å²) >= 11 is 0. The first kappa shape index (κ1) is 37.9. The Morgan fingerprint density at radius 3 is 2.66 bits per heavy atom. The van der Waals surface area contributed by atoms with Crippen LogP contribution in [-0.2, 0) is 27.8 Å². The molecule has 3 aliphatic rings. The number of benzene rings is 2. The Kier molecular flexibility index (Phi) is 10.2. The van der Waals surface area contributed by atoms with Gasteiger partial charge in [0.1, 0.15) is 11.3 Å². The molecule has 13 nitrogen and oxygen atoms in total. The maximum atomic E-state index is 13.0. The van der Waals surface area contributed by atoms with Crippen LogP contribution >= 0.6 is 0 Å². The first-order chi connectivity index (χ1) is 28.7. The highest BCUT2D eigenvalue weighted by Crippen LogP contribution is 2.41. The van der Waals surface area contributed by atoms with Gasteiger partial charge in [-0.25, -0.2) is 9.97 Å². The molecule has 2 aromatic carbocycles. The summed E-state index contributed by atoms with van der Waals surface area (Å²) in [6.45, 7) is 4.37. The van der Waals surface area contributed by atoms with Crippen molar-refractivity contribution in [3.05, 3.63) is 123 Å². The lowest BCUT2D eigenvalue weighted by atomic mass is 9.89. The molecule has 3 aliphatic heterocycles. The molecule has 9 rings (SSSR count). The molecule has 6 aromatic rings. The van der Waals surface area contributed by atoms with Gasteiger partial charge >= 0.3 is 0 Å². The number of furan rings is 1. The zero-order chi connectivity index (χ0) is 40.6. The maximum absolute atomic E-state index is 13.0. The average molecular weight is 790 g/mol. The highest BCUT2D eigenvalue weighted by atomic mass is 16.5. The Bertz CT molecular complexity index is 2780. The molecule has 1 atom stereocenters. The largest absolute Gasteiger partial charge is 0.464 e. The number of hydrogen-bond donors (Lipinski definition) is 2. The molecule has 4 aromatic heterocycles. The molecule has 7 heterocycles. The molecular weight excluding hydrogens is 747 g/mol. The quantitative estimate of drug-likeness (QED) is 0.128. The molecule has 0 spiro atoms. The second-order valence-corrected chi connectivity index (χ2v) is 15.4. The topological polar surface area (TPSA) is 162 Å². The minimum atomic E-state index is -0.444. The van der Waals surface area contributed by atoms with Gasteiger partial charge in [-0.2, -0.15) is 0 Å². The van der Waals surface area contributed by atoms with Gasteiger partial charge in [0.05, 0.1) is 41.0 Å². The van der Waals surface area contributed by atoms with Gasteiger partial charge in [0.25, 0.3) is 11.5 Å². The average Bonchev–Trinajstić information content (AvgIpc) is 3.68. The van der Waals surface area contributed by atoms with Crippen LogP contribution in [-0.4, -0.2) is 63.5 Å². The van der Waals surface area contributed by atoms with Gasteiger partial charge in [0.15, 0.2) is 5.82 Å². The van der Waals surface area contributed by atoms with Crippen molar-refractivity contribution in [1.29, 1.82) is 0 Å².